The van der Waals surface area contributed by atoms with Crippen molar-refractivity contribution in [1.29, 1.82) is 0 Å². The monoisotopic (exact) mass is 387 g/mol. The van der Waals surface area contributed by atoms with E-state index in [1.54, 1.807) is 24.3 Å². The number of rotatable bonds is 8. The number of ether oxygens (including phenoxy) is 4. The summed E-state index contributed by atoms with van der Waals surface area (Å²) in [5.74, 6) is -0.827. The number of nitrogens with one attached hydrogen (secondary N) is 1. The molecule has 0 unspecified atom stereocenters. The van der Waals surface area contributed by atoms with Crippen LogP contribution in [0.5, 0.6) is 11.5 Å². The summed E-state index contributed by atoms with van der Waals surface area (Å²) in [6.07, 6.45) is 0. The van der Waals surface area contributed by atoms with Crippen LogP contribution in [0, 0.1) is 0 Å². The summed E-state index contributed by atoms with van der Waals surface area (Å²) in [5, 5.41) is 2.58. The fourth-order valence-electron chi connectivity index (χ4n) is 2.36. The number of amides is 1. The van der Waals surface area contributed by atoms with Gasteiger partial charge in [0.2, 0.25) is 0 Å². The quantitative estimate of drug-likeness (QED) is 0.695. The Morgan fingerprint density at radius 2 is 1.39 bits per heavy atom. The highest BCUT2D eigenvalue weighted by atomic mass is 16.5. The highest BCUT2D eigenvalue weighted by Crippen LogP contribution is 2.26. The van der Waals surface area contributed by atoms with Crippen LogP contribution in [0.2, 0.25) is 0 Å². The normalized spacial score (nSPS) is 9.96. The predicted molar refractivity (Wildman–Crippen MR) is 101 cm³/mol. The van der Waals surface area contributed by atoms with Crippen molar-refractivity contribution < 1.29 is 33.3 Å². The zero-order valence-electron chi connectivity index (χ0n) is 15.8. The molecule has 2 aromatic rings. The number of para-hydroxylation sites is 2. The molecule has 0 bridgehead atoms. The second-order valence-corrected chi connectivity index (χ2v) is 5.50. The first kappa shape index (κ1) is 20.8. The molecule has 148 valence electrons. The first-order valence-electron chi connectivity index (χ1n) is 8.44. The van der Waals surface area contributed by atoms with E-state index in [0.717, 1.165) is 0 Å². The number of hydrogen-bond acceptors (Lipinski definition) is 7. The highest BCUT2D eigenvalue weighted by molar-refractivity contribution is 5.99. The molecule has 8 heteroatoms. The van der Waals surface area contributed by atoms with Crippen molar-refractivity contribution >= 4 is 23.5 Å². The van der Waals surface area contributed by atoms with Gasteiger partial charge in [0.15, 0.2) is 18.1 Å². The molecule has 0 atom stereocenters. The maximum Gasteiger partial charge on any atom is 0.337 e. The smallest absolute Gasteiger partial charge is 0.337 e. The second kappa shape index (κ2) is 9.96. The molecule has 8 nitrogen and oxygen atoms in total. The van der Waals surface area contributed by atoms with E-state index in [-0.39, 0.29) is 23.4 Å². The molecule has 0 heterocycles. The summed E-state index contributed by atoms with van der Waals surface area (Å²) >= 11 is 0. The van der Waals surface area contributed by atoms with Gasteiger partial charge in [0, 0.05) is 5.69 Å². The van der Waals surface area contributed by atoms with Crippen LogP contribution in [0.25, 0.3) is 0 Å². The molecule has 0 saturated heterocycles. The Morgan fingerprint density at radius 3 is 1.89 bits per heavy atom. The Morgan fingerprint density at radius 1 is 0.857 bits per heavy atom. The number of hydrogen-bond donors (Lipinski definition) is 1. The van der Waals surface area contributed by atoms with Gasteiger partial charge in [0.25, 0.3) is 5.91 Å². The van der Waals surface area contributed by atoms with Gasteiger partial charge in [-0.15, -0.1) is 0 Å². The number of methoxy groups -OCH3 is 2. The third-order valence-corrected chi connectivity index (χ3v) is 3.57. The molecule has 0 aromatic heterocycles. The van der Waals surface area contributed by atoms with Gasteiger partial charge in [0.05, 0.1) is 32.0 Å². The summed E-state index contributed by atoms with van der Waals surface area (Å²) in [4.78, 5) is 35.8. The zero-order valence-corrected chi connectivity index (χ0v) is 15.8. The van der Waals surface area contributed by atoms with E-state index >= 15 is 0 Å². The van der Waals surface area contributed by atoms with Crippen LogP contribution in [0.1, 0.15) is 27.6 Å². The van der Waals surface area contributed by atoms with Crippen molar-refractivity contribution in [3.63, 3.8) is 0 Å². The van der Waals surface area contributed by atoms with Crippen molar-refractivity contribution in [3.8, 4) is 11.5 Å². The van der Waals surface area contributed by atoms with Gasteiger partial charge in [-0.25, -0.2) is 9.59 Å². The summed E-state index contributed by atoms with van der Waals surface area (Å²) < 4.78 is 20.3. The molecule has 2 aromatic carbocycles. The minimum atomic E-state index is -0.650. The van der Waals surface area contributed by atoms with Crippen molar-refractivity contribution in [1.82, 2.24) is 0 Å². The van der Waals surface area contributed by atoms with E-state index in [9.17, 15) is 14.4 Å². The van der Waals surface area contributed by atoms with Crippen molar-refractivity contribution in [2.45, 2.75) is 6.92 Å². The van der Waals surface area contributed by atoms with E-state index in [0.29, 0.717) is 18.1 Å². The summed E-state index contributed by atoms with van der Waals surface area (Å²) in [6.45, 7) is 2.01. The van der Waals surface area contributed by atoms with Gasteiger partial charge >= 0.3 is 11.9 Å². The third-order valence-electron chi connectivity index (χ3n) is 3.57. The number of carbonyl (C=O) groups excluding carboxylic acids is 3. The van der Waals surface area contributed by atoms with Gasteiger partial charge in [-0.05, 0) is 37.3 Å². The van der Waals surface area contributed by atoms with Gasteiger partial charge in [-0.1, -0.05) is 12.1 Å². The number of anilines is 1. The summed E-state index contributed by atoms with van der Waals surface area (Å²) in [5.41, 5.74) is 0.432. The average molecular weight is 387 g/mol. The van der Waals surface area contributed by atoms with Crippen LogP contribution in [0.15, 0.2) is 42.5 Å². The fraction of sp³-hybridized carbons (Fsp3) is 0.250. The molecule has 2 rings (SSSR count). The summed E-state index contributed by atoms with van der Waals surface area (Å²) in [7, 11) is 2.43. The Kier molecular flexibility index (Phi) is 7.38. The van der Waals surface area contributed by atoms with Crippen LogP contribution in [0.3, 0.4) is 0 Å². The Labute approximate surface area is 162 Å². The zero-order chi connectivity index (χ0) is 20.5. The van der Waals surface area contributed by atoms with E-state index < -0.39 is 17.8 Å². The molecule has 28 heavy (non-hydrogen) atoms. The van der Waals surface area contributed by atoms with Crippen LogP contribution >= 0.6 is 0 Å². The molecular formula is C20H21NO7. The largest absolute Gasteiger partial charge is 0.490 e. The molecular weight excluding hydrogens is 366 g/mol. The van der Waals surface area contributed by atoms with Crippen molar-refractivity contribution in [2.75, 3.05) is 32.8 Å². The molecule has 1 N–H and O–H groups in total. The molecule has 0 aliphatic rings. The van der Waals surface area contributed by atoms with Gasteiger partial charge < -0.3 is 24.3 Å². The van der Waals surface area contributed by atoms with Crippen LogP contribution in [-0.2, 0) is 14.3 Å². The third kappa shape index (κ3) is 5.47. The van der Waals surface area contributed by atoms with Crippen LogP contribution < -0.4 is 14.8 Å². The Hall–Kier alpha value is -3.55. The molecule has 0 aliphatic carbocycles. The standard InChI is InChI=1S/C20H21NO7/c1-4-27-16-7-5-6-8-17(16)28-12-18(22)21-15-10-13(19(23)25-2)9-14(11-15)20(24)26-3/h5-11H,4,12H2,1-3H3,(H,21,22). The average Bonchev–Trinajstić information content (AvgIpc) is 2.71. The number of carbonyl (C=O) groups is 3. The van der Waals surface area contributed by atoms with Crippen LogP contribution in [-0.4, -0.2) is 45.3 Å². The van der Waals surface area contributed by atoms with Crippen molar-refractivity contribution in [3.05, 3.63) is 53.6 Å². The summed E-state index contributed by atoms with van der Waals surface area (Å²) in [6, 6.07) is 11.1. The first-order chi connectivity index (χ1) is 13.5. The van der Waals surface area contributed by atoms with Crippen LogP contribution in [0.4, 0.5) is 5.69 Å². The van der Waals surface area contributed by atoms with Gasteiger partial charge in [0.1, 0.15) is 0 Å². The molecule has 0 aliphatic heterocycles. The van der Waals surface area contributed by atoms with E-state index in [1.807, 2.05) is 6.92 Å². The lowest BCUT2D eigenvalue weighted by Gasteiger charge is -2.12. The SMILES string of the molecule is CCOc1ccccc1OCC(=O)Nc1cc(C(=O)OC)cc(C(=O)OC)c1. The maximum atomic E-state index is 12.2. The Bertz CT molecular complexity index is 829. The van der Waals surface area contributed by atoms with Crippen molar-refractivity contribution in [2.24, 2.45) is 0 Å². The fourth-order valence-corrected chi connectivity index (χ4v) is 2.36. The Balaban J connectivity index is 2.12. The topological polar surface area (TPSA) is 100 Å². The lowest BCUT2D eigenvalue weighted by molar-refractivity contribution is -0.118. The van der Waals surface area contributed by atoms with Gasteiger partial charge in [-0.3, -0.25) is 4.79 Å². The van der Waals surface area contributed by atoms with E-state index in [1.165, 1.54) is 32.4 Å². The molecule has 0 spiro atoms. The van der Waals surface area contributed by atoms with E-state index in [2.05, 4.69) is 14.8 Å². The molecule has 1 amide bonds. The minimum absolute atomic E-state index is 0.100. The second-order valence-electron chi connectivity index (χ2n) is 5.50. The first-order valence-corrected chi connectivity index (χ1v) is 8.44. The lowest BCUT2D eigenvalue weighted by atomic mass is 10.1. The van der Waals surface area contributed by atoms with E-state index in [4.69, 9.17) is 9.47 Å². The van der Waals surface area contributed by atoms with Gasteiger partial charge in [-0.2, -0.15) is 0 Å². The molecule has 0 radical (unpaired) electrons. The molecule has 0 fully saturated rings. The predicted octanol–water partition coefficient (Wildman–Crippen LogP) is 2.68. The highest BCUT2D eigenvalue weighted by Gasteiger charge is 2.15. The maximum absolute atomic E-state index is 12.2. The molecule has 0 saturated carbocycles. The minimum Gasteiger partial charge on any atom is -0.490 e. The number of benzene rings is 2. The lowest BCUT2D eigenvalue weighted by Crippen LogP contribution is -2.21. The number of esters is 2.